The molecule has 2 fully saturated rings. The van der Waals surface area contributed by atoms with Crippen LogP contribution >= 0.6 is 0 Å². The number of fused-ring (bicyclic) bond motifs is 3. The molecule has 1 aromatic rings. The number of carbonyl (C=O) groups is 1. The summed E-state index contributed by atoms with van der Waals surface area (Å²) in [7, 11) is 0. The van der Waals surface area contributed by atoms with Crippen molar-refractivity contribution in [3.05, 3.63) is 53.6 Å². The predicted molar refractivity (Wildman–Crippen MR) is 84.1 cm³/mol. The Morgan fingerprint density at radius 3 is 2.86 bits per heavy atom. The lowest BCUT2D eigenvalue weighted by molar-refractivity contribution is -0.148. The van der Waals surface area contributed by atoms with Crippen LogP contribution in [0.5, 0.6) is 0 Å². The van der Waals surface area contributed by atoms with Gasteiger partial charge in [-0.25, -0.2) is 4.79 Å². The van der Waals surface area contributed by atoms with Gasteiger partial charge in [0.1, 0.15) is 0 Å². The van der Waals surface area contributed by atoms with Crippen molar-refractivity contribution < 1.29 is 9.53 Å². The number of nitrogens with zero attached hydrogens (tertiary/aromatic N) is 1. The predicted octanol–water partition coefficient (Wildman–Crippen LogP) is 2.93. The van der Waals surface area contributed by atoms with Crippen molar-refractivity contribution >= 4 is 11.5 Å². The van der Waals surface area contributed by atoms with Crippen molar-refractivity contribution in [1.29, 1.82) is 0 Å². The number of hydrogen-bond acceptors (Lipinski definition) is 3. The van der Waals surface area contributed by atoms with Crippen molar-refractivity contribution in [2.45, 2.75) is 43.4 Å². The van der Waals surface area contributed by atoms with Crippen LogP contribution in [0.25, 0.3) is 5.57 Å². The highest BCUT2D eigenvalue weighted by Crippen LogP contribution is 2.54. The Morgan fingerprint density at radius 2 is 2.00 bits per heavy atom. The van der Waals surface area contributed by atoms with Crippen molar-refractivity contribution in [2.24, 2.45) is 0 Å². The Kier molecular flexibility index (Phi) is 2.49. The normalized spacial score (nSPS) is 36.3. The van der Waals surface area contributed by atoms with Gasteiger partial charge in [0.2, 0.25) is 0 Å². The van der Waals surface area contributed by atoms with Gasteiger partial charge in [0.05, 0.1) is 6.04 Å². The maximum atomic E-state index is 12.0. The van der Waals surface area contributed by atoms with E-state index in [2.05, 4.69) is 41.3 Å². The van der Waals surface area contributed by atoms with Gasteiger partial charge in [-0.3, -0.25) is 4.90 Å². The average Bonchev–Trinajstić information content (AvgIpc) is 3.03. The van der Waals surface area contributed by atoms with Crippen LogP contribution < -0.4 is 0 Å². The highest BCUT2D eigenvalue weighted by molar-refractivity contribution is 5.91. The minimum Gasteiger partial charge on any atom is -0.449 e. The van der Waals surface area contributed by atoms with Crippen LogP contribution in [0.15, 0.2) is 48.1 Å². The maximum absolute atomic E-state index is 12.0. The minimum absolute atomic E-state index is 0.160. The molecule has 3 heteroatoms. The van der Waals surface area contributed by atoms with Crippen LogP contribution in [-0.2, 0) is 9.53 Å². The zero-order valence-electron chi connectivity index (χ0n) is 12.5. The third-order valence-electron chi connectivity index (χ3n) is 5.80. The van der Waals surface area contributed by atoms with Crippen LogP contribution in [-0.4, -0.2) is 35.1 Å². The molecule has 0 unspecified atom stereocenters. The van der Waals surface area contributed by atoms with E-state index in [9.17, 15) is 4.79 Å². The van der Waals surface area contributed by atoms with E-state index in [0.29, 0.717) is 12.1 Å². The number of benzene rings is 1. The highest BCUT2D eigenvalue weighted by atomic mass is 16.6. The van der Waals surface area contributed by atoms with Crippen LogP contribution in [0.2, 0.25) is 0 Å². The molecule has 5 rings (SSSR count). The van der Waals surface area contributed by atoms with Gasteiger partial charge in [0.15, 0.2) is 5.60 Å². The van der Waals surface area contributed by atoms with Gasteiger partial charge in [-0.05, 0) is 36.6 Å². The first-order valence-corrected chi connectivity index (χ1v) is 8.26. The van der Waals surface area contributed by atoms with E-state index >= 15 is 0 Å². The summed E-state index contributed by atoms with van der Waals surface area (Å²) in [6, 6.07) is 11.3. The lowest BCUT2D eigenvalue weighted by atomic mass is 9.77. The molecule has 0 N–H and O–H groups in total. The van der Waals surface area contributed by atoms with Crippen molar-refractivity contribution in [3.8, 4) is 0 Å². The molecule has 2 bridgehead atoms. The zero-order valence-corrected chi connectivity index (χ0v) is 12.5. The molecule has 2 saturated heterocycles. The molecule has 0 saturated carbocycles. The first kappa shape index (κ1) is 12.7. The number of carbonyl (C=O) groups excluding carboxylic acids is 1. The van der Waals surface area contributed by atoms with Gasteiger partial charge < -0.3 is 4.74 Å². The minimum atomic E-state index is -0.361. The third kappa shape index (κ3) is 1.52. The molecule has 1 spiro atoms. The topological polar surface area (TPSA) is 29.5 Å². The van der Waals surface area contributed by atoms with Gasteiger partial charge in [-0.2, -0.15) is 0 Å². The lowest BCUT2D eigenvalue weighted by Crippen LogP contribution is -2.48. The fourth-order valence-corrected chi connectivity index (χ4v) is 4.93. The van der Waals surface area contributed by atoms with E-state index in [1.807, 2.05) is 0 Å². The number of esters is 1. The monoisotopic (exact) mass is 293 g/mol. The summed E-state index contributed by atoms with van der Waals surface area (Å²) in [5.74, 6) is -0.160. The lowest BCUT2D eigenvalue weighted by Gasteiger charge is -2.37. The summed E-state index contributed by atoms with van der Waals surface area (Å²) < 4.78 is 5.88. The fourth-order valence-electron chi connectivity index (χ4n) is 4.93. The number of piperidine rings is 1. The van der Waals surface area contributed by atoms with Crippen LogP contribution in [0.4, 0.5) is 0 Å². The van der Waals surface area contributed by atoms with Crippen molar-refractivity contribution in [1.82, 2.24) is 4.90 Å². The van der Waals surface area contributed by atoms with Crippen molar-refractivity contribution in [3.63, 3.8) is 0 Å². The Hall–Kier alpha value is -1.87. The zero-order chi connectivity index (χ0) is 14.7. The Balaban J connectivity index is 1.68. The number of rotatable bonds is 1. The van der Waals surface area contributed by atoms with E-state index in [0.717, 1.165) is 25.0 Å². The molecule has 22 heavy (non-hydrogen) atoms. The summed E-state index contributed by atoms with van der Waals surface area (Å²) in [5, 5.41) is 0. The van der Waals surface area contributed by atoms with E-state index < -0.39 is 0 Å². The Bertz CT molecular complexity index is 705. The summed E-state index contributed by atoms with van der Waals surface area (Å²) in [6.07, 6.45) is 8.50. The summed E-state index contributed by atoms with van der Waals surface area (Å²) in [4.78, 5) is 14.6. The van der Waals surface area contributed by atoms with E-state index in [4.69, 9.17) is 4.74 Å². The van der Waals surface area contributed by atoms with Gasteiger partial charge in [0.25, 0.3) is 0 Å². The largest absolute Gasteiger partial charge is 0.449 e. The van der Waals surface area contributed by atoms with Crippen LogP contribution in [0.3, 0.4) is 0 Å². The highest BCUT2D eigenvalue weighted by Gasteiger charge is 2.61. The van der Waals surface area contributed by atoms with Crippen molar-refractivity contribution in [2.75, 3.05) is 6.54 Å². The molecule has 0 amide bonds. The second-order valence-corrected chi connectivity index (χ2v) is 6.85. The summed E-state index contributed by atoms with van der Waals surface area (Å²) >= 11 is 0. The van der Waals surface area contributed by atoms with E-state index in [1.165, 1.54) is 24.0 Å². The first-order chi connectivity index (χ1) is 10.8. The maximum Gasteiger partial charge on any atom is 0.332 e. The molecule has 3 atom stereocenters. The summed E-state index contributed by atoms with van der Waals surface area (Å²) in [6.45, 7) is 1.12. The molecular formula is C19H19NO2. The first-order valence-electron chi connectivity index (χ1n) is 8.26. The smallest absolute Gasteiger partial charge is 0.332 e. The molecule has 0 aromatic heterocycles. The standard InChI is InChI=1S/C19H19NO2/c21-18-11-14-10-15(13-6-2-1-3-7-13)16-12-19(14,22-18)17-8-4-5-9-20(16)17/h1-3,6-7,10-11,16-17H,4-5,8-9,12H2/t16-,17+,19-/m0/s1. The van der Waals surface area contributed by atoms with Crippen LogP contribution in [0.1, 0.15) is 31.2 Å². The second kappa shape index (κ2) is 4.32. The van der Waals surface area contributed by atoms with Gasteiger partial charge in [-0.15, -0.1) is 0 Å². The van der Waals surface area contributed by atoms with Gasteiger partial charge in [0, 0.05) is 24.1 Å². The molecule has 112 valence electrons. The van der Waals surface area contributed by atoms with Crippen LogP contribution in [0, 0.1) is 0 Å². The summed E-state index contributed by atoms with van der Waals surface area (Å²) in [5.41, 5.74) is 3.36. The average molecular weight is 293 g/mol. The quantitative estimate of drug-likeness (QED) is 0.746. The van der Waals surface area contributed by atoms with Gasteiger partial charge in [-0.1, -0.05) is 36.8 Å². The Morgan fingerprint density at radius 1 is 1.14 bits per heavy atom. The SMILES string of the molecule is O=C1C=C2C=C(c3ccccc3)[C@@H]3C[C@@]2(O1)[C@H]1CCCCN31. The van der Waals surface area contributed by atoms with Gasteiger partial charge >= 0.3 is 5.97 Å². The second-order valence-electron chi connectivity index (χ2n) is 6.85. The third-order valence-corrected chi connectivity index (χ3v) is 5.80. The molecule has 3 heterocycles. The molecule has 3 nitrogen and oxygen atoms in total. The fraction of sp³-hybridized carbons (Fsp3) is 0.421. The molecule has 1 aromatic carbocycles. The number of ether oxygens (including phenoxy) is 1. The molecule has 0 radical (unpaired) electrons. The number of hydrogen-bond donors (Lipinski definition) is 0. The van der Waals surface area contributed by atoms with E-state index in [1.54, 1.807) is 6.08 Å². The molecule has 3 aliphatic heterocycles. The van der Waals surface area contributed by atoms with E-state index in [-0.39, 0.29) is 11.6 Å². The molecule has 4 aliphatic rings. The molecule has 1 aliphatic carbocycles. The molecular weight excluding hydrogens is 274 g/mol. The Labute approximate surface area is 130 Å².